The van der Waals surface area contributed by atoms with E-state index in [0.717, 1.165) is 35.3 Å². The lowest BCUT2D eigenvalue weighted by molar-refractivity contribution is -0.126. The second-order valence-electron chi connectivity index (χ2n) is 8.04. The SMILES string of the molecule is Cc1cc(C)c(C)c(S(=O)(=O)N2CCC(C(=O)NCC3CNC3)CC2)c1C.Cl. The fourth-order valence-corrected chi connectivity index (χ4v) is 5.98. The van der Waals surface area contributed by atoms with E-state index in [0.29, 0.717) is 43.3 Å². The number of hydrogen-bond acceptors (Lipinski definition) is 4. The van der Waals surface area contributed by atoms with Gasteiger partial charge in [-0.15, -0.1) is 12.4 Å². The molecule has 2 N–H and O–H groups in total. The van der Waals surface area contributed by atoms with Crippen molar-refractivity contribution in [1.29, 1.82) is 0 Å². The van der Waals surface area contributed by atoms with E-state index >= 15 is 0 Å². The molecule has 0 aliphatic carbocycles. The van der Waals surface area contributed by atoms with Crippen LogP contribution in [0.4, 0.5) is 0 Å². The molecule has 6 nitrogen and oxygen atoms in total. The van der Waals surface area contributed by atoms with Gasteiger partial charge in [0.2, 0.25) is 15.9 Å². The van der Waals surface area contributed by atoms with E-state index in [2.05, 4.69) is 10.6 Å². The number of sulfonamides is 1. The maximum atomic E-state index is 13.3. The first-order chi connectivity index (χ1) is 12.7. The molecule has 158 valence electrons. The van der Waals surface area contributed by atoms with Gasteiger partial charge >= 0.3 is 0 Å². The summed E-state index contributed by atoms with van der Waals surface area (Å²) in [6.07, 6.45) is 1.16. The van der Waals surface area contributed by atoms with Crippen LogP contribution in [0.2, 0.25) is 0 Å². The monoisotopic (exact) mass is 429 g/mol. The van der Waals surface area contributed by atoms with E-state index in [9.17, 15) is 13.2 Å². The molecule has 2 saturated heterocycles. The fraction of sp³-hybridized carbons (Fsp3) is 0.650. The summed E-state index contributed by atoms with van der Waals surface area (Å²) in [7, 11) is -3.54. The molecular formula is C20H32ClN3O3S. The molecule has 0 bridgehead atoms. The van der Waals surface area contributed by atoms with Gasteiger partial charge in [-0.25, -0.2) is 8.42 Å². The lowest BCUT2D eigenvalue weighted by Crippen LogP contribution is -2.50. The first-order valence-electron chi connectivity index (χ1n) is 9.77. The molecular weight excluding hydrogens is 398 g/mol. The third-order valence-corrected chi connectivity index (χ3v) is 8.32. The van der Waals surface area contributed by atoms with Gasteiger partial charge < -0.3 is 10.6 Å². The van der Waals surface area contributed by atoms with Crippen LogP contribution in [0, 0.1) is 39.5 Å². The van der Waals surface area contributed by atoms with Gasteiger partial charge in [0, 0.05) is 44.6 Å². The zero-order valence-electron chi connectivity index (χ0n) is 17.2. The van der Waals surface area contributed by atoms with E-state index in [1.54, 1.807) is 4.31 Å². The number of nitrogens with one attached hydrogen (secondary N) is 2. The molecule has 0 radical (unpaired) electrons. The Hall–Kier alpha value is -1.15. The first kappa shape index (κ1) is 23.1. The van der Waals surface area contributed by atoms with Crippen molar-refractivity contribution in [3.8, 4) is 0 Å². The van der Waals surface area contributed by atoms with Crippen molar-refractivity contribution in [2.75, 3.05) is 32.7 Å². The predicted molar refractivity (Wildman–Crippen MR) is 113 cm³/mol. The highest BCUT2D eigenvalue weighted by Crippen LogP contribution is 2.31. The van der Waals surface area contributed by atoms with Crippen molar-refractivity contribution in [3.63, 3.8) is 0 Å². The second-order valence-corrected chi connectivity index (χ2v) is 9.91. The van der Waals surface area contributed by atoms with Crippen molar-refractivity contribution in [2.24, 2.45) is 11.8 Å². The van der Waals surface area contributed by atoms with Crippen LogP contribution in [0.5, 0.6) is 0 Å². The summed E-state index contributed by atoms with van der Waals surface area (Å²) >= 11 is 0. The minimum absolute atomic E-state index is 0. The van der Waals surface area contributed by atoms with Gasteiger partial charge in [-0.3, -0.25) is 4.79 Å². The van der Waals surface area contributed by atoms with Gasteiger partial charge in [-0.2, -0.15) is 4.31 Å². The molecule has 0 unspecified atom stereocenters. The summed E-state index contributed by atoms with van der Waals surface area (Å²) in [6, 6.07) is 2.04. The minimum atomic E-state index is -3.54. The Morgan fingerprint density at radius 2 is 1.64 bits per heavy atom. The molecule has 0 atom stereocenters. The number of hydrogen-bond donors (Lipinski definition) is 2. The van der Waals surface area contributed by atoms with Gasteiger partial charge in [0.1, 0.15) is 0 Å². The summed E-state index contributed by atoms with van der Waals surface area (Å²) in [5, 5.41) is 6.22. The Morgan fingerprint density at radius 3 is 2.11 bits per heavy atom. The second kappa shape index (κ2) is 9.11. The molecule has 2 fully saturated rings. The number of carbonyl (C=O) groups excluding carboxylic acids is 1. The summed E-state index contributed by atoms with van der Waals surface area (Å²) in [5.74, 6) is 0.508. The largest absolute Gasteiger partial charge is 0.355 e. The Morgan fingerprint density at radius 1 is 1.11 bits per heavy atom. The molecule has 2 heterocycles. The quantitative estimate of drug-likeness (QED) is 0.751. The number of halogens is 1. The topological polar surface area (TPSA) is 78.5 Å². The van der Waals surface area contributed by atoms with Crippen LogP contribution in [-0.2, 0) is 14.8 Å². The van der Waals surface area contributed by atoms with Gasteiger partial charge in [-0.1, -0.05) is 6.07 Å². The Kier molecular flexibility index (Phi) is 7.53. The summed E-state index contributed by atoms with van der Waals surface area (Å²) < 4.78 is 28.1. The normalized spacial score (nSPS) is 19.0. The molecule has 1 aromatic rings. The van der Waals surface area contributed by atoms with E-state index in [1.807, 2.05) is 33.8 Å². The summed E-state index contributed by atoms with van der Waals surface area (Å²) in [5.41, 5.74) is 3.65. The molecule has 2 aliphatic rings. The number of rotatable bonds is 5. The van der Waals surface area contributed by atoms with E-state index < -0.39 is 10.0 Å². The van der Waals surface area contributed by atoms with Crippen LogP contribution in [-0.4, -0.2) is 51.4 Å². The van der Waals surface area contributed by atoms with E-state index in [1.165, 1.54) is 0 Å². The number of carbonyl (C=O) groups is 1. The predicted octanol–water partition coefficient (Wildman–Crippen LogP) is 2.08. The number of piperidine rings is 1. The van der Waals surface area contributed by atoms with Crippen LogP contribution in [0.25, 0.3) is 0 Å². The smallest absolute Gasteiger partial charge is 0.243 e. The Bertz CT molecular complexity index is 803. The highest BCUT2D eigenvalue weighted by molar-refractivity contribution is 7.89. The van der Waals surface area contributed by atoms with Crippen LogP contribution < -0.4 is 10.6 Å². The van der Waals surface area contributed by atoms with Crippen LogP contribution in [0.15, 0.2) is 11.0 Å². The molecule has 0 aromatic heterocycles. The van der Waals surface area contributed by atoms with Crippen molar-refractivity contribution < 1.29 is 13.2 Å². The van der Waals surface area contributed by atoms with Gasteiger partial charge in [0.25, 0.3) is 0 Å². The summed E-state index contributed by atoms with van der Waals surface area (Å²) in [6.45, 7) is 11.1. The van der Waals surface area contributed by atoms with Crippen LogP contribution in [0.3, 0.4) is 0 Å². The standard InChI is InChI=1S/C20H31N3O3S.ClH/c1-13-9-14(2)16(4)19(15(13)3)27(25,26)23-7-5-18(6-8-23)20(24)22-12-17-10-21-11-17;/h9,17-18,21H,5-8,10-12H2,1-4H3,(H,22,24);1H. The molecule has 0 spiro atoms. The molecule has 3 rings (SSSR count). The number of nitrogens with zero attached hydrogens (tertiary/aromatic N) is 1. The fourth-order valence-electron chi connectivity index (χ4n) is 3.94. The molecule has 0 saturated carbocycles. The highest BCUT2D eigenvalue weighted by Gasteiger charge is 2.34. The van der Waals surface area contributed by atoms with E-state index in [-0.39, 0.29) is 24.2 Å². The number of amides is 1. The van der Waals surface area contributed by atoms with Crippen LogP contribution >= 0.6 is 12.4 Å². The van der Waals surface area contributed by atoms with Crippen LogP contribution in [0.1, 0.15) is 35.1 Å². The van der Waals surface area contributed by atoms with Gasteiger partial charge in [0.15, 0.2) is 0 Å². The van der Waals surface area contributed by atoms with Crippen molar-refractivity contribution in [2.45, 2.75) is 45.4 Å². The average Bonchev–Trinajstić information content (AvgIpc) is 2.58. The Labute approximate surface area is 174 Å². The molecule has 1 amide bonds. The zero-order chi connectivity index (χ0) is 19.8. The molecule has 2 aliphatic heterocycles. The molecule has 8 heteroatoms. The average molecular weight is 430 g/mol. The maximum Gasteiger partial charge on any atom is 0.243 e. The highest BCUT2D eigenvalue weighted by atomic mass is 35.5. The maximum absolute atomic E-state index is 13.3. The summed E-state index contributed by atoms with van der Waals surface area (Å²) in [4.78, 5) is 12.8. The zero-order valence-corrected chi connectivity index (χ0v) is 18.8. The lowest BCUT2D eigenvalue weighted by atomic mass is 9.96. The molecule has 28 heavy (non-hydrogen) atoms. The van der Waals surface area contributed by atoms with Crippen molar-refractivity contribution in [3.05, 3.63) is 28.3 Å². The third-order valence-electron chi connectivity index (χ3n) is 6.15. The van der Waals surface area contributed by atoms with Crippen molar-refractivity contribution in [1.82, 2.24) is 14.9 Å². The van der Waals surface area contributed by atoms with Gasteiger partial charge in [-0.05, 0) is 62.8 Å². The Balaban J connectivity index is 0.00000280. The van der Waals surface area contributed by atoms with E-state index in [4.69, 9.17) is 0 Å². The third kappa shape index (κ3) is 4.53. The first-order valence-corrected chi connectivity index (χ1v) is 11.2. The van der Waals surface area contributed by atoms with Gasteiger partial charge in [0.05, 0.1) is 4.90 Å². The number of aryl methyl sites for hydroxylation is 2. The number of benzene rings is 1. The minimum Gasteiger partial charge on any atom is -0.355 e. The lowest BCUT2D eigenvalue weighted by Gasteiger charge is -2.33. The molecule has 1 aromatic carbocycles. The van der Waals surface area contributed by atoms with Crippen molar-refractivity contribution >= 4 is 28.3 Å².